The fourth-order valence-electron chi connectivity index (χ4n) is 4.22. The summed E-state index contributed by atoms with van der Waals surface area (Å²) in [5.41, 5.74) is 2.50. The summed E-state index contributed by atoms with van der Waals surface area (Å²) in [6, 6.07) is 6.83. The first-order valence-corrected chi connectivity index (χ1v) is 12.4. The van der Waals surface area contributed by atoms with E-state index in [4.69, 9.17) is 4.74 Å². The van der Waals surface area contributed by atoms with Gasteiger partial charge in [0.25, 0.3) is 0 Å². The molecular weight excluding hydrogens is 450 g/mol. The number of amides is 1. The van der Waals surface area contributed by atoms with Gasteiger partial charge in [-0.3, -0.25) is 0 Å². The Bertz CT molecular complexity index is 880. The van der Waals surface area contributed by atoms with Gasteiger partial charge in [-0.1, -0.05) is 32.1 Å². The van der Waals surface area contributed by atoms with Crippen LogP contribution < -0.4 is 9.64 Å². The van der Waals surface area contributed by atoms with E-state index in [1.54, 1.807) is 29.2 Å². The number of ether oxygens (including phenoxy) is 2. The molecule has 0 N–H and O–H groups in total. The van der Waals surface area contributed by atoms with E-state index in [0.29, 0.717) is 13.1 Å². The van der Waals surface area contributed by atoms with Crippen molar-refractivity contribution in [3.05, 3.63) is 60.3 Å². The molecule has 0 aliphatic carbocycles. The van der Waals surface area contributed by atoms with Crippen LogP contribution >= 0.6 is 0 Å². The third-order valence-corrected chi connectivity index (χ3v) is 5.77. The lowest BCUT2D eigenvalue weighted by atomic mass is 9.98. The molecule has 7 heteroatoms. The van der Waals surface area contributed by atoms with Crippen LogP contribution in [0.3, 0.4) is 0 Å². The monoisotopic (exact) mass is 490 g/mol. The lowest BCUT2D eigenvalue weighted by Crippen LogP contribution is -2.48. The highest BCUT2D eigenvalue weighted by atomic mass is 19.3. The molecule has 0 aromatic heterocycles. The molecule has 1 aromatic rings. The molecule has 0 spiro atoms. The standard InChI is InChI=1S/C28H40F2N2O3/c1-7-10-12-21(11-8-2)25(9-3)32(22-13-15-24(16-14-22)34-26(29)30)23-17-19-31(20-18-23)27(33)35-28(4,5)6/h8-9,11,13-16,23,26H,3,7,10,12,17-20H2,1-2,4-6H3/b11-8-,25-21-. The first kappa shape index (κ1) is 28.4. The zero-order valence-corrected chi connectivity index (χ0v) is 21.7. The van der Waals surface area contributed by atoms with E-state index in [2.05, 4.69) is 29.2 Å². The highest BCUT2D eigenvalue weighted by Crippen LogP contribution is 2.33. The molecule has 1 aromatic carbocycles. The minimum Gasteiger partial charge on any atom is -0.444 e. The Balaban J connectivity index is 2.39. The molecule has 1 amide bonds. The van der Waals surface area contributed by atoms with E-state index in [1.807, 2.05) is 39.8 Å². The van der Waals surface area contributed by atoms with Crippen molar-refractivity contribution in [3.8, 4) is 5.75 Å². The van der Waals surface area contributed by atoms with Crippen LogP contribution in [0.2, 0.25) is 0 Å². The number of rotatable bonds is 10. The highest BCUT2D eigenvalue weighted by Gasteiger charge is 2.31. The van der Waals surface area contributed by atoms with Crippen LogP contribution in [-0.2, 0) is 4.74 Å². The van der Waals surface area contributed by atoms with Crippen molar-refractivity contribution in [2.45, 2.75) is 85.0 Å². The first-order chi connectivity index (χ1) is 16.6. The zero-order chi connectivity index (χ0) is 26.0. The molecule has 194 valence electrons. The average Bonchev–Trinajstić information content (AvgIpc) is 2.80. The van der Waals surface area contributed by atoms with Crippen LogP contribution in [0.1, 0.15) is 66.7 Å². The molecule has 1 fully saturated rings. The van der Waals surface area contributed by atoms with Gasteiger partial charge in [0.15, 0.2) is 0 Å². The number of anilines is 1. The molecule has 0 radical (unpaired) electrons. The second-order valence-electron chi connectivity index (χ2n) is 9.66. The summed E-state index contributed by atoms with van der Waals surface area (Å²) < 4.78 is 35.4. The molecule has 1 saturated heterocycles. The average molecular weight is 491 g/mol. The van der Waals surface area contributed by atoms with Gasteiger partial charge in [0.1, 0.15) is 11.4 Å². The lowest BCUT2D eigenvalue weighted by molar-refractivity contribution is -0.0498. The number of alkyl halides is 2. The minimum atomic E-state index is -2.87. The van der Waals surface area contributed by atoms with Gasteiger partial charge in [0.2, 0.25) is 0 Å². The normalized spacial score (nSPS) is 15.8. The molecule has 35 heavy (non-hydrogen) atoms. The number of halogens is 2. The Hall–Kier alpha value is -2.83. The Morgan fingerprint density at radius 2 is 1.86 bits per heavy atom. The smallest absolute Gasteiger partial charge is 0.410 e. The zero-order valence-electron chi connectivity index (χ0n) is 21.7. The van der Waals surface area contributed by atoms with E-state index < -0.39 is 12.2 Å². The second kappa shape index (κ2) is 13.3. The fourth-order valence-corrected chi connectivity index (χ4v) is 4.22. The Kier molecular flexibility index (Phi) is 10.8. The molecule has 0 unspecified atom stereocenters. The summed E-state index contributed by atoms with van der Waals surface area (Å²) in [6.45, 7) is 12.1. The van der Waals surface area contributed by atoms with Gasteiger partial charge < -0.3 is 19.3 Å². The van der Waals surface area contributed by atoms with Crippen LogP contribution in [-0.4, -0.2) is 42.3 Å². The number of hydrogen-bond donors (Lipinski definition) is 0. The van der Waals surface area contributed by atoms with Crippen molar-refractivity contribution in [1.29, 1.82) is 0 Å². The summed E-state index contributed by atoms with van der Waals surface area (Å²) in [5, 5.41) is 0. The van der Waals surface area contributed by atoms with Crippen LogP contribution in [0.4, 0.5) is 19.3 Å². The summed E-state index contributed by atoms with van der Waals surface area (Å²) >= 11 is 0. The number of likely N-dealkylation sites (tertiary alicyclic amines) is 1. The SMILES string of the molecule is C=C/C(=C(\C=C/C)CCCC)N(c1ccc(OC(F)F)cc1)C1CCN(C(=O)OC(C)(C)C)CC1. The quantitative estimate of drug-likeness (QED) is 0.315. The number of hydrogen-bond acceptors (Lipinski definition) is 4. The van der Waals surface area contributed by atoms with Crippen molar-refractivity contribution >= 4 is 11.8 Å². The maximum Gasteiger partial charge on any atom is 0.410 e. The highest BCUT2D eigenvalue weighted by molar-refractivity contribution is 5.68. The largest absolute Gasteiger partial charge is 0.444 e. The molecule has 0 saturated carbocycles. The maximum absolute atomic E-state index is 12.7. The van der Waals surface area contributed by atoms with E-state index in [-0.39, 0.29) is 17.9 Å². The topological polar surface area (TPSA) is 42.0 Å². The lowest BCUT2D eigenvalue weighted by Gasteiger charge is -2.41. The number of allylic oxidation sites excluding steroid dienone is 4. The molecule has 1 aliphatic rings. The summed E-state index contributed by atoms with van der Waals surface area (Å²) in [4.78, 5) is 16.6. The summed E-state index contributed by atoms with van der Waals surface area (Å²) in [7, 11) is 0. The van der Waals surface area contributed by atoms with Crippen LogP contribution in [0.25, 0.3) is 0 Å². The number of nitrogens with zero attached hydrogens (tertiary/aromatic N) is 2. The Morgan fingerprint density at radius 3 is 2.34 bits per heavy atom. The Morgan fingerprint density at radius 1 is 1.23 bits per heavy atom. The number of piperidine rings is 1. The second-order valence-corrected chi connectivity index (χ2v) is 9.66. The van der Waals surface area contributed by atoms with E-state index in [1.165, 1.54) is 5.57 Å². The van der Waals surface area contributed by atoms with Crippen molar-refractivity contribution in [2.24, 2.45) is 0 Å². The molecule has 1 heterocycles. The van der Waals surface area contributed by atoms with Gasteiger partial charge in [0, 0.05) is 30.5 Å². The predicted molar refractivity (Wildman–Crippen MR) is 138 cm³/mol. The van der Waals surface area contributed by atoms with Gasteiger partial charge >= 0.3 is 12.7 Å². The third-order valence-electron chi connectivity index (χ3n) is 5.77. The predicted octanol–water partition coefficient (Wildman–Crippen LogP) is 7.70. The van der Waals surface area contributed by atoms with Gasteiger partial charge in [-0.25, -0.2) is 4.79 Å². The molecule has 2 rings (SSSR count). The molecular formula is C28H40F2N2O3. The minimum absolute atomic E-state index is 0.102. The Labute approximate surface area is 209 Å². The van der Waals surface area contributed by atoms with Crippen molar-refractivity contribution in [3.63, 3.8) is 0 Å². The summed E-state index contributed by atoms with van der Waals surface area (Å²) in [5.74, 6) is 0.118. The molecule has 1 aliphatic heterocycles. The summed E-state index contributed by atoms with van der Waals surface area (Å²) in [6.07, 6.45) is 10.2. The van der Waals surface area contributed by atoms with Crippen molar-refractivity contribution in [1.82, 2.24) is 4.90 Å². The number of carbonyl (C=O) groups is 1. The van der Waals surface area contributed by atoms with E-state index in [9.17, 15) is 13.6 Å². The van der Waals surface area contributed by atoms with E-state index in [0.717, 1.165) is 43.5 Å². The van der Waals surface area contributed by atoms with Gasteiger partial charge in [-0.05, 0) is 89.3 Å². The first-order valence-electron chi connectivity index (χ1n) is 12.4. The molecule has 5 nitrogen and oxygen atoms in total. The van der Waals surface area contributed by atoms with Crippen molar-refractivity contribution in [2.75, 3.05) is 18.0 Å². The number of unbranched alkanes of at least 4 members (excludes halogenated alkanes) is 1. The number of carbonyl (C=O) groups excluding carboxylic acids is 1. The van der Waals surface area contributed by atoms with Crippen LogP contribution in [0, 0.1) is 0 Å². The third kappa shape index (κ3) is 8.71. The van der Waals surface area contributed by atoms with Crippen LogP contribution in [0.15, 0.2) is 60.3 Å². The van der Waals surface area contributed by atoms with Gasteiger partial charge in [-0.15, -0.1) is 0 Å². The fraction of sp³-hybridized carbons (Fsp3) is 0.536. The maximum atomic E-state index is 12.7. The van der Waals surface area contributed by atoms with Gasteiger partial charge in [-0.2, -0.15) is 8.78 Å². The molecule has 0 atom stereocenters. The van der Waals surface area contributed by atoms with E-state index >= 15 is 0 Å². The van der Waals surface area contributed by atoms with Crippen LogP contribution in [0.5, 0.6) is 5.75 Å². The molecule has 0 bridgehead atoms. The van der Waals surface area contributed by atoms with Crippen molar-refractivity contribution < 1.29 is 23.0 Å². The van der Waals surface area contributed by atoms with Gasteiger partial charge in [0.05, 0.1) is 0 Å². The number of benzene rings is 1.